The van der Waals surface area contributed by atoms with Gasteiger partial charge in [0, 0.05) is 32.2 Å². The van der Waals surface area contributed by atoms with Crippen molar-refractivity contribution in [3.8, 4) is 5.75 Å². The monoisotopic (exact) mass is 435 g/mol. The zero-order valence-electron chi connectivity index (χ0n) is 18.0. The van der Waals surface area contributed by atoms with E-state index < -0.39 is 6.10 Å². The summed E-state index contributed by atoms with van der Waals surface area (Å²) in [6, 6.07) is 7.90. The van der Waals surface area contributed by atoms with Gasteiger partial charge in [-0.15, -0.1) is 12.4 Å². The van der Waals surface area contributed by atoms with Crippen LogP contribution in [0.15, 0.2) is 24.3 Å². The molecule has 2 bridgehead atoms. The number of nitrogens with two attached hydrogens (primary N) is 1. The summed E-state index contributed by atoms with van der Waals surface area (Å²) < 4.78 is 5.84. The fourth-order valence-corrected chi connectivity index (χ4v) is 5.38. The summed E-state index contributed by atoms with van der Waals surface area (Å²) in [4.78, 5) is 29.5. The Bertz CT molecular complexity index is 747. The number of hydrogen-bond donors (Lipinski definition) is 1. The van der Waals surface area contributed by atoms with Crippen LogP contribution in [-0.4, -0.2) is 59.9 Å². The Balaban J connectivity index is 0.00000256. The van der Waals surface area contributed by atoms with Gasteiger partial charge in [-0.1, -0.05) is 19.1 Å². The molecule has 6 nitrogen and oxygen atoms in total. The number of hydrogen-bond acceptors (Lipinski definition) is 4. The van der Waals surface area contributed by atoms with Crippen LogP contribution in [0, 0.1) is 17.8 Å². The van der Waals surface area contributed by atoms with E-state index in [1.165, 1.54) is 12.0 Å². The molecule has 2 aliphatic carbocycles. The van der Waals surface area contributed by atoms with Gasteiger partial charge in [0.15, 0.2) is 6.10 Å². The van der Waals surface area contributed by atoms with Gasteiger partial charge in [0.2, 0.25) is 5.91 Å². The summed E-state index contributed by atoms with van der Waals surface area (Å²) in [5, 5.41) is 0. The molecule has 2 N–H and O–H groups in total. The zero-order chi connectivity index (χ0) is 20.5. The highest BCUT2D eigenvalue weighted by atomic mass is 35.5. The average molecular weight is 436 g/mol. The molecule has 0 spiro atoms. The molecule has 5 unspecified atom stereocenters. The van der Waals surface area contributed by atoms with Crippen molar-refractivity contribution < 1.29 is 14.3 Å². The van der Waals surface area contributed by atoms with Gasteiger partial charge in [0.25, 0.3) is 5.91 Å². The van der Waals surface area contributed by atoms with E-state index in [1.54, 1.807) is 6.92 Å². The molecule has 5 atom stereocenters. The van der Waals surface area contributed by atoms with Crippen molar-refractivity contribution in [3.05, 3.63) is 29.8 Å². The van der Waals surface area contributed by atoms with E-state index in [4.69, 9.17) is 10.5 Å². The van der Waals surface area contributed by atoms with Crippen molar-refractivity contribution in [2.24, 2.45) is 23.5 Å². The summed E-state index contributed by atoms with van der Waals surface area (Å²) in [6.07, 6.45) is 3.87. The van der Waals surface area contributed by atoms with E-state index in [2.05, 4.69) is 6.92 Å². The Labute approximate surface area is 185 Å². The first-order chi connectivity index (χ1) is 14.0. The highest BCUT2D eigenvalue weighted by Gasteiger charge is 2.50. The van der Waals surface area contributed by atoms with Gasteiger partial charge in [0.05, 0.1) is 5.92 Å². The lowest BCUT2D eigenvalue weighted by molar-refractivity contribution is -0.146. The molecule has 2 amide bonds. The summed E-state index contributed by atoms with van der Waals surface area (Å²) in [6.45, 7) is 6.19. The van der Waals surface area contributed by atoms with Crippen LogP contribution in [0.2, 0.25) is 0 Å². The lowest BCUT2D eigenvalue weighted by Gasteiger charge is -2.39. The summed E-state index contributed by atoms with van der Waals surface area (Å²) in [5.74, 6) is 1.88. The minimum Gasteiger partial charge on any atom is -0.481 e. The number of fused-ring (bicyclic) bond motifs is 2. The normalized spacial score (nSPS) is 28.8. The van der Waals surface area contributed by atoms with Crippen LogP contribution >= 0.6 is 12.4 Å². The molecule has 7 heteroatoms. The number of carbonyl (C=O) groups is 2. The largest absolute Gasteiger partial charge is 0.481 e. The average Bonchev–Trinajstić information content (AvgIpc) is 3.35. The molecule has 0 aromatic heterocycles. The molecule has 1 saturated heterocycles. The third-order valence-corrected chi connectivity index (χ3v) is 7.16. The van der Waals surface area contributed by atoms with Crippen molar-refractivity contribution in [3.63, 3.8) is 0 Å². The Morgan fingerprint density at radius 1 is 1.07 bits per heavy atom. The van der Waals surface area contributed by atoms with Gasteiger partial charge in [-0.2, -0.15) is 0 Å². The molecule has 3 fully saturated rings. The summed E-state index contributed by atoms with van der Waals surface area (Å²) in [5.41, 5.74) is 7.59. The first-order valence-corrected chi connectivity index (χ1v) is 11.1. The predicted octanol–water partition coefficient (Wildman–Crippen LogP) is 2.48. The molecule has 1 aromatic carbocycles. The van der Waals surface area contributed by atoms with Gasteiger partial charge in [-0.25, -0.2) is 0 Å². The minimum atomic E-state index is -0.538. The SMILES string of the molecule is CCc1ccc(OC(C)C(=O)N2CCN(C(=O)C3C4CCC(C4)C3N)CC2)cc1.Cl. The molecule has 1 heterocycles. The second-order valence-corrected chi connectivity index (χ2v) is 8.84. The highest BCUT2D eigenvalue weighted by Crippen LogP contribution is 2.48. The van der Waals surface area contributed by atoms with Gasteiger partial charge in [0.1, 0.15) is 5.75 Å². The number of halogens is 1. The number of amides is 2. The smallest absolute Gasteiger partial charge is 0.263 e. The van der Waals surface area contributed by atoms with E-state index >= 15 is 0 Å². The van der Waals surface area contributed by atoms with Crippen LogP contribution in [-0.2, 0) is 16.0 Å². The van der Waals surface area contributed by atoms with Crippen molar-refractivity contribution in [2.45, 2.75) is 51.7 Å². The molecule has 30 heavy (non-hydrogen) atoms. The Kier molecular flexibility index (Phi) is 7.30. The van der Waals surface area contributed by atoms with Crippen LogP contribution in [0.1, 0.15) is 38.7 Å². The quantitative estimate of drug-likeness (QED) is 0.770. The second-order valence-electron chi connectivity index (χ2n) is 8.84. The highest BCUT2D eigenvalue weighted by molar-refractivity contribution is 5.85. The number of rotatable bonds is 5. The third kappa shape index (κ3) is 4.45. The minimum absolute atomic E-state index is 0. The maximum Gasteiger partial charge on any atom is 0.263 e. The van der Waals surface area contributed by atoms with E-state index in [-0.39, 0.29) is 36.2 Å². The van der Waals surface area contributed by atoms with Crippen LogP contribution < -0.4 is 10.5 Å². The fraction of sp³-hybridized carbons (Fsp3) is 0.652. The standard InChI is InChI=1S/C23H33N3O3.ClH/c1-3-16-4-8-19(9-5-16)29-15(2)22(27)25-10-12-26(13-11-25)23(28)20-17-6-7-18(14-17)21(20)24;/h4-5,8-9,15,17-18,20-21H,3,6-7,10-14,24H2,1-2H3;1H. The molecule has 1 aliphatic heterocycles. The van der Waals surface area contributed by atoms with E-state index in [9.17, 15) is 9.59 Å². The summed E-state index contributed by atoms with van der Waals surface area (Å²) in [7, 11) is 0. The molecular formula is C23H34ClN3O3. The molecule has 1 aromatic rings. The summed E-state index contributed by atoms with van der Waals surface area (Å²) >= 11 is 0. The lowest BCUT2D eigenvalue weighted by Crippen LogP contribution is -2.56. The topological polar surface area (TPSA) is 75.9 Å². The Hall–Kier alpha value is -1.79. The van der Waals surface area contributed by atoms with Crippen molar-refractivity contribution in [1.29, 1.82) is 0 Å². The van der Waals surface area contributed by atoms with E-state index in [0.29, 0.717) is 43.8 Å². The molecular weight excluding hydrogens is 402 g/mol. The number of ether oxygens (including phenoxy) is 1. The first kappa shape index (κ1) is 22.9. The van der Waals surface area contributed by atoms with Gasteiger partial charge in [-0.05, 0) is 62.1 Å². The van der Waals surface area contributed by atoms with Crippen molar-refractivity contribution >= 4 is 24.2 Å². The first-order valence-electron chi connectivity index (χ1n) is 11.1. The van der Waals surface area contributed by atoms with Crippen molar-refractivity contribution in [2.75, 3.05) is 26.2 Å². The van der Waals surface area contributed by atoms with Crippen molar-refractivity contribution in [1.82, 2.24) is 9.80 Å². The number of aryl methyl sites for hydroxylation is 1. The van der Waals surface area contributed by atoms with Crippen LogP contribution in [0.4, 0.5) is 0 Å². The number of nitrogens with zero attached hydrogens (tertiary/aromatic N) is 2. The van der Waals surface area contributed by atoms with Crippen LogP contribution in [0.3, 0.4) is 0 Å². The molecule has 0 radical (unpaired) electrons. The van der Waals surface area contributed by atoms with Crippen LogP contribution in [0.25, 0.3) is 0 Å². The molecule has 2 saturated carbocycles. The number of piperazine rings is 1. The van der Waals surface area contributed by atoms with Gasteiger partial charge >= 0.3 is 0 Å². The zero-order valence-corrected chi connectivity index (χ0v) is 18.8. The maximum absolute atomic E-state index is 13.0. The Morgan fingerprint density at radius 2 is 1.67 bits per heavy atom. The van der Waals surface area contributed by atoms with Gasteiger partial charge < -0.3 is 20.3 Å². The molecule has 166 valence electrons. The van der Waals surface area contributed by atoms with Crippen LogP contribution in [0.5, 0.6) is 5.75 Å². The van der Waals surface area contributed by atoms with E-state index in [1.807, 2.05) is 34.1 Å². The van der Waals surface area contributed by atoms with Gasteiger partial charge in [-0.3, -0.25) is 9.59 Å². The molecule has 3 aliphatic rings. The predicted molar refractivity (Wildman–Crippen MR) is 119 cm³/mol. The number of carbonyl (C=O) groups excluding carboxylic acids is 2. The molecule has 4 rings (SSSR count). The second kappa shape index (κ2) is 9.56. The fourth-order valence-electron chi connectivity index (χ4n) is 5.38. The Morgan fingerprint density at radius 3 is 2.23 bits per heavy atom. The third-order valence-electron chi connectivity index (χ3n) is 7.16. The number of benzene rings is 1. The maximum atomic E-state index is 13.0. The lowest BCUT2D eigenvalue weighted by atomic mass is 9.84. The van der Waals surface area contributed by atoms with E-state index in [0.717, 1.165) is 19.3 Å².